The predicted octanol–water partition coefficient (Wildman–Crippen LogP) is 2.86. The van der Waals surface area contributed by atoms with Gasteiger partial charge < -0.3 is 10.2 Å². The fraction of sp³-hybridized carbons (Fsp3) is 0.562. The van der Waals surface area contributed by atoms with Crippen LogP contribution in [0.3, 0.4) is 0 Å². The third-order valence-electron chi connectivity index (χ3n) is 4.49. The van der Waals surface area contributed by atoms with Gasteiger partial charge in [0.25, 0.3) is 0 Å². The van der Waals surface area contributed by atoms with Crippen molar-refractivity contribution in [1.29, 1.82) is 5.26 Å². The molecule has 1 aliphatic rings. The molecule has 0 radical (unpaired) electrons. The molecule has 2 rings (SSSR count). The Morgan fingerprint density at radius 2 is 1.84 bits per heavy atom. The Hall–Kier alpha value is -1.53. The van der Waals surface area contributed by atoms with Crippen LogP contribution in [0.1, 0.15) is 31.2 Å². The highest BCUT2D eigenvalue weighted by molar-refractivity contribution is 5.47. The molecule has 3 heteroatoms. The van der Waals surface area contributed by atoms with Crippen LogP contribution >= 0.6 is 0 Å². The number of rotatable bonds is 3. The summed E-state index contributed by atoms with van der Waals surface area (Å²) in [6.45, 7) is 2.11. The summed E-state index contributed by atoms with van der Waals surface area (Å²) in [6, 6.07) is 11.7. The van der Waals surface area contributed by atoms with Crippen LogP contribution in [0.4, 0.5) is 5.69 Å². The number of benzene rings is 1. The monoisotopic (exact) mass is 257 g/mol. The maximum absolute atomic E-state index is 9.29. The number of hydrogen-bond acceptors (Lipinski definition) is 3. The largest absolute Gasteiger partial charge is 0.372 e. The van der Waals surface area contributed by atoms with Crippen molar-refractivity contribution in [2.45, 2.75) is 44.2 Å². The molecule has 0 bridgehead atoms. The van der Waals surface area contributed by atoms with Crippen molar-refractivity contribution in [3.05, 3.63) is 29.8 Å². The van der Waals surface area contributed by atoms with Gasteiger partial charge in [-0.1, -0.05) is 17.7 Å². The van der Waals surface area contributed by atoms with Crippen molar-refractivity contribution in [1.82, 2.24) is 5.32 Å². The van der Waals surface area contributed by atoms with E-state index in [9.17, 15) is 5.26 Å². The van der Waals surface area contributed by atoms with Gasteiger partial charge in [-0.3, -0.25) is 0 Å². The third kappa shape index (κ3) is 2.90. The maximum atomic E-state index is 9.29. The zero-order valence-corrected chi connectivity index (χ0v) is 12.1. The van der Waals surface area contributed by atoms with Gasteiger partial charge >= 0.3 is 0 Å². The minimum Gasteiger partial charge on any atom is -0.372 e. The number of anilines is 1. The predicted molar refractivity (Wildman–Crippen MR) is 79.2 cm³/mol. The van der Waals surface area contributed by atoms with Crippen molar-refractivity contribution < 1.29 is 0 Å². The van der Waals surface area contributed by atoms with E-state index in [1.54, 1.807) is 0 Å². The SMILES string of the molecule is CNC1(C#N)CCC(N(C)c2ccc(C)cc2)CC1. The van der Waals surface area contributed by atoms with Crippen molar-refractivity contribution >= 4 is 5.69 Å². The Bertz CT molecular complexity index is 450. The molecule has 1 aromatic carbocycles. The Balaban J connectivity index is 2.02. The summed E-state index contributed by atoms with van der Waals surface area (Å²) in [5.41, 5.74) is 2.26. The highest BCUT2D eigenvalue weighted by Gasteiger charge is 2.35. The number of hydrogen-bond donors (Lipinski definition) is 1. The van der Waals surface area contributed by atoms with E-state index in [4.69, 9.17) is 0 Å². The van der Waals surface area contributed by atoms with E-state index in [1.807, 2.05) is 7.05 Å². The quantitative estimate of drug-likeness (QED) is 0.905. The van der Waals surface area contributed by atoms with Crippen LogP contribution in [-0.2, 0) is 0 Å². The molecule has 0 aliphatic heterocycles. The van der Waals surface area contributed by atoms with E-state index in [-0.39, 0.29) is 5.54 Å². The van der Waals surface area contributed by atoms with E-state index in [2.05, 4.69) is 54.5 Å². The van der Waals surface area contributed by atoms with Crippen LogP contribution < -0.4 is 10.2 Å². The van der Waals surface area contributed by atoms with Crippen LogP contribution in [0.15, 0.2) is 24.3 Å². The first kappa shape index (κ1) is 13.9. The zero-order chi connectivity index (χ0) is 13.9. The van der Waals surface area contributed by atoms with Gasteiger partial charge in [-0.25, -0.2) is 0 Å². The summed E-state index contributed by atoms with van der Waals surface area (Å²) in [4.78, 5) is 2.36. The molecule has 1 saturated carbocycles. The highest BCUT2D eigenvalue weighted by atomic mass is 15.1. The molecule has 0 heterocycles. The number of nitriles is 1. The molecule has 1 N–H and O–H groups in total. The van der Waals surface area contributed by atoms with Crippen molar-refractivity contribution in [3.8, 4) is 6.07 Å². The lowest BCUT2D eigenvalue weighted by atomic mass is 9.80. The Morgan fingerprint density at radius 3 is 2.32 bits per heavy atom. The number of aryl methyl sites for hydroxylation is 1. The van der Waals surface area contributed by atoms with Gasteiger partial charge in [0.2, 0.25) is 0 Å². The fourth-order valence-electron chi connectivity index (χ4n) is 2.89. The summed E-state index contributed by atoms with van der Waals surface area (Å²) in [6.07, 6.45) is 4.00. The molecule has 0 spiro atoms. The van der Waals surface area contributed by atoms with Gasteiger partial charge in [-0.05, 0) is 51.8 Å². The molecule has 3 nitrogen and oxygen atoms in total. The molecule has 19 heavy (non-hydrogen) atoms. The first-order chi connectivity index (χ1) is 9.10. The molecule has 1 aromatic rings. The average molecular weight is 257 g/mol. The maximum Gasteiger partial charge on any atom is 0.106 e. The van der Waals surface area contributed by atoms with E-state index in [0.717, 1.165) is 25.7 Å². The third-order valence-corrected chi connectivity index (χ3v) is 4.49. The van der Waals surface area contributed by atoms with Gasteiger partial charge in [0.15, 0.2) is 0 Å². The Kier molecular flexibility index (Phi) is 4.11. The first-order valence-corrected chi connectivity index (χ1v) is 7.00. The summed E-state index contributed by atoms with van der Waals surface area (Å²) >= 11 is 0. The molecular formula is C16H23N3. The summed E-state index contributed by atoms with van der Waals surface area (Å²) in [7, 11) is 4.06. The van der Waals surface area contributed by atoms with Crippen molar-refractivity contribution in [3.63, 3.8) is 0 Å². The summed E-state index contributed by atoms with van der Waals surface area (Å²) in [5, 5.41) is 12.5. The molecule has 0 aromatic heterocycles. The smallest absolute Gasteiger partial charge is 0.106 e. The molecular weight excluding hydrogens is 234 g/mol. The van der Waals surface area contributed by atoms with Crippen LogP contribution in [-0.4, -0.2) is 25.7 Å². The molecule has 0 saturated heterocycles. The van der Waals surface area contributed by atoms with E-state index in [1.165, 1.54) is 11.3 Å². The number of nitrogens with zero attached hydrogens (tertiary/aromatic N) is 2. The Morgan fingerprint density at radius 1 is 1.26 bits per heavy atom. The summed E-state index contributed by atoms with van der Waals surface area (Å²) in [5.74, 6) is 0. The second-order valence-electron chi connectivity index (χ2n) is 5.62. The van der Waals surface area contributed by atoms with E-state index >= 15 is 0 Å². The lowest BCUT2D eigenvalue weighted by Gasteiger charge is -2.39. The second-order valence-corrected chi connectivity index (χ2v) is 5.62. The first-order valence-electron chi connectivity index (χ1n) is 7.00. The number of nitrogens with one attached hydrogen (secondary N) is 1. The average Bonchev–Trinajstić information content (AvgIpc) is 2.47. The zero-order valence-electron chi connectivity index (χ0n) is 12.1. The lowest BCUT2D eigenvalue weighted by Crippen LogP contribution is -2.48. The van der Waals surface area contributed by atoms with Crippen LogP contribution in [0.5, 0.6) is 0 Å². The summed E-state index contributed by atoms with van der Waals surface area (Å²) < 4.78 is 0. The van der Waals surface area contributed by atoms with E-state index in [0.29, 0.717) is 6.04 Å². The Labute approximate surface area is 116 Å². The molecule has 102 valence electrons. The van der Waals surface area contributed by atoms with Crippen LogP contribution in [0.25, 0.3) is 0 Å². The van der Waals surface area contributed by atoms with Crippen molar-refractivity contribution in [2.75, 3.05) is 19.0 Å². The van der Waals surface area contributed by atoms with Gasteiger partial charge in [0.1, 0.15) is 5.54 Å². The van der Waals surface area contributed by atoms with Gasteiger partial charge in [0, 0.05) is 18.8 Å². The highest BCUT2D eigenvalue weighted by Crippen LogP contribution is 2.31. The van der Waals surface area contributed by atoms with Gasteiger partial charge in [-0.2, -0.15) is 5.26 Å². The fourth-order valence-corrected chi connectivity index (χ4v) is 2.89. The van der Waals surface area contributed by atoms with E-state index < -0.39 is 0 Å². The second kappa shape index (κ2) is 5.63. The van der Waals surface area contributed by atoms with Gasteiger partial charge in [-0.15, -0.1) is 0 Å². The van der Waals surface area contributed by atoms with Gasteiger partial charge in [0.05, 0.1) is 6.07 Å². The minimum absolute atomic E-state index is 0.301. The minimum atomic E-state index is -0.301. The molecule has 1 fully saturated rings. The standard InChI is InChI=1S/C16H23N3/c1-13-4-6-14(7-5-13)19(3)15-8-10-16(12-17,18-2)11-9-15/h4-7,15,18H,8-11H2,1-3H3. The topological polar surface area (TPSA) is 39.1 Å². The lowest BCUT2D eigenvalue weighted by molar-refractivity contribution is 0.287. The van der Waals surface area contributed by atoms with Crippen LogP contribution in [0, 0.1) is 18.3 Å². The molecule has 0 atom stereocenters. The molecule has 0 amide bonds. The van der Waals surface area contributed by atoms with Crippen molar-refractivity contribution in [2.24, 2.45) is 0 Å². The molecule has 1 aliphatic carbocycles. The molecule has 0 unspecified atom stereocenters. The van der Waals surface area contributed by atoms with Crippen LogP contribution in [0.2, 0.25) is 0 Å². The normalized spacial score (nSPS) is 26.7.